The molecule has 2 amide bonds. The number of carbonyl (C=O) groups is 2. The largest absolute Gasteiger partial charge is 0.449 e. The normalized spacial score (nSPS) is 19.8. The van der Waals surface area contributed by atoms with Crippen LogP contribution in [0.15, 0.2) is 54.3 Å². The van der Waals surface area contributed by atoms with Crippen LogP contribution in [0.1, 0.15) is 38.2 Å². The molecule has 2 aliphatic rings. The summed E-state index contributed by atoms with van der Waals surface area (Å²) in [5.41, 5.74) is 0.766. The Hall–Kier alpha value is -3.19. The summed E-state index contributed by atoms with van der Waals surface area (Å²) in [6.07, 6.45) is 6.16. The smallest absolute Gasteiger partial charge is 0.294 e. The van der Waals surface area contributed by atoms with E-state index in [2.05, 4.69) is 17.1 Å². The van der Waals surface area contributed by atoms with Gasteiger partial charge in [0.2, 0.25) is 5.91 Å². The molecule has 1 atom stereocenters. The number of carbonyl (C=O) groups excluding carboxylic acids is 2. The van der Waals surface area contributed by atoms with E-state index in [0.29, 0.717) is 24.0 Å². The molecule has 1 saturated heterocycles. The standard InChI is InChI=1S/C26H30FN3O3/c1-2-20-10-7-8-15-29(20)16-14-28-25(31)18-30-22-12-5-6-13-23(22)33-24(26(30)32)17-19-9-3-4-11-21(19)27/h3-6,9,11-13,17,20H,2,7-8,10,14-16,18H2,1H3,(H,28,31)/b24-17-. The maximum absolute atomic E-state index is 14.1. The van der Waals surface area contributed by atoms with Gasteiger partial charge >= 0.3 is 0 Å². The van der Waals surface area contributed by atoms with Crippen LogP contribution in [0.25, 0.3) is 6.08 Å². The van der Waals surface area contributed by atoms with Gasteiger partial charge in [0.25, 0.3) is 5.91 Å². The molecular formula is C26H30FN3O3. The van der Waals surface area contributed by atoms with E-state index in [-0.39, 0.29) is 23.8 Å². The Morgan fingerprint density at radius 3 is 2.79 bits per heavy atom. The Balaban J connectivity index is 1.45. The molecule has 0 bridgehead atoms. The summed E-state index contributed by atoms with van der Waals surface area (Å²) in [5.74, 6) is -0.741. The number of benzene rings is 2. The number of para-hydroxylation sites is 2. The second-order valence-electron chi connectivity index (χ2n) is 8.43. The number of piperidine rings is 1. The van der Waals surface area contributed by atoms with Crippen LogP contribution in [-0.2, 0) is 9.59 Å². The molecule has 7 heteroatoms. The molecule has 174 valence electrons. The Morgan fingerprint density at radius 1 is 1.18 bits per heavy atom. The number of anilines is 1. The van der Waals surface area contributed by atoms with Crippen molar-refractivity contribution in [1.29, 1.82) is 0 Å². The summed E-state index contributed by atoms with van der Waals surface area (Å²) in [6.45, 7) is 4.47. The maximum Gasteiger partial charge on any atom is 0.294 e. The van der Waals surface area contributed by atoms with E-state index in [4.69, 9.17) is 4.74 Å². The first kappa shape index (κ1) is 23.0. The predicted octanol–water partition coefficient (Wildman–Crippen LogP) is 3.97. The monoisotopic (exact) mass is 451 g/mol. The molecule has 0 aromatic heterocycles. The Morgan fingerprint density at radius 2 is 1.97 bits per heavy atom. The lowest BCUT2D eigenvalue weighted by molar-refractivity contribution is -0.123. The van der Waals surface area contributed by atoms with Gasteiger partial charge in [0.1, 0.15) is 12.4 Å². The zero-order valence-corrected chi connectivity index (χ0v) is 18.9. The third kappa shape index (κ3) is 5.42. The van der Waals surface area contributed by atoms with Crippen molar-refractivity contribution in [1.82, 2.24) is 10.2 Å². The van der Waals surface area contributed by atoms with Crippen LogP contribution in [0.3, 0.4) is 0 Å². The number of hydrogen-bond acceptors (Lipinski definition) is 4. The molecule has 6 nitrogen and oxygen atoms in total. The van der Waals surface area contributed by atoms with Gasteiger partial charge in [-0.05, 0) is 50.1 Å². The number of ether oxygens (including phenoxy) is 1. The lowest BCUT2D eigenvalue weighted by Crippen LogP contribution is -2.47. The summed E-state index contributed by atoms with van der Waals surface area (Å²) in [6, 6.07) is 13.8. The number of likely N-dealkylation sites (tertiary alicyclic amines) is 1. The predicted molar refractivity (Wildman–Crippen MR) is 126 cm³/mol. The molecule has 2 aromatic rings. The summed E-state index contributed by atoms with van der Waals surface area (Å²) >= 11 is 0. The summed E-state index contributed by atoms with van der Waals surface area (Å²) in [4.78, 5) is 29.7. The van der Waals surface area contributed by atoms with E-state index < -0.39 is 11.7 Å². The van der Waals surface area contributed by atoms with E-state index >= 15 is 0 Å². The van der Waals surface area contributed by atoms with Gasteiger partial charge in [-0.3, -0.25) is 19.4 Å². The van der Waals surface area contributed by atoms with Crippen LogP contribution in [0, 0.1) is 5.82 Å². The topological polar surface area (TPSA) is 61.9 Å². The molecule has 1 fully saturated rings. The van der Waals surface area contributed by atoms with Crippen LogP contribution >= 0.6 is 0 Å². The third-order valence-corrected chi connectivity index (χ3v) is 6.27. The third-order valence-electron chi connectivity index (χ3n) is 6.27. The van der Waals surface area contributed by atoms with Crippen molar-refractivity contribution >= 4 is 23.6 Å². The van der Waals surface area contributed by atoms with Gasteiger partial charge < -0.3 is 10.1 Å². The molecule has 33 heavy (non-hydrogen) atoms. The number of nitrogens with zero attached hydrogens (tertiary/aromatic N) is 2. The van der Waals surface area contributed by atoms with Gasteiger partial charge in [0, 0.05) is 24.7 Å². The Kier molecular flexibility index (Phi) is 7.40. The number of halogens is 1. The maximum atomic E-state index is 14.1. The highest BCUT2D eigenvalue weighted by Crippen LogP contribution is 2.35. The minimum absolute atomic E-state index is 0.0225. The van der Waals surface area contributed by atoms with Crippen LogP contribution in [0.5, 0.6) is 5.75 Å². The minimum atomic E-state index is -0.478. The second kappa shape index (κ2) is 10.6. The highest BCUT2D eigenvalue weighted by Gasteiger charge is 2.31. The van der Waals surface area contributed by atoms with Gasteiger partial charge in [-0.1, -0.05) is 43.7 Å². The van der Waals surface area contributed by atoms with E-state index in [9.17, 15) is 14.0 Å². The van der Waals surface area contributed by atoms with Gasteiger partial charge in [-0.15, -0.1) is 0 Å². The van der Waals surface area contributed by atoms with E-state index in [1.807, 2.05) is 0 Å². The molecule has 4 rings (SSSR count). The van der Waals surface area contributed by atoms with Gasteiger partial charge in [0.15, 0.2) is 11.5 Å². The van der Waals surface area contributed by atoms with Crippen molar-refractivity contribution in [3.63, 3.8) is 0 Å². The highest BCUT2D eigenvalue weighted by atomic mass is 19.1. The quantitative estimate of drug-likeness (QED) is 0.647. The number of fused-ring (bicyclic) bond motifs is 1. The van der Waals surface area contributed by atoms with Crippen molar-refractivity contribution in [2.75, 3.05) is 31.1 Å². The molecule has 1 N–H and O–H groups in total. The fourth-order valence-electron chi connectivity index (χ4n) is 4.51. The van der Waals surface area contributed by atoms with Crippen LogP contribution < -0.4 is 15.0 Å². The molecule has 2 aliphatic heterocycles. The van der Waals surface area contributed by atoms with Crippen molar-refractivity contribution < 1.29 is 18.7 Å². The van der Waals surface area contributed by atoms with Crippen molar-refractivity contribution in [3.05, 3.63) is 65.7 Å². The Bertz CT molecular complexity index is 1040. The lowest BCUT2D eigenvalue weighted by atomic mass is 10.0. The molecule has 2 heterocycles. The van der Waals surface area contributed by atoms with Crippen molar-refractivity contribution in [2.24, 2.45) is 0 Å². The number of rotatable bonds is 7. The van der Waals surface area contributed by atoms with E-state index in [1.54, 1.807) is 42.5 Å². The van der Waals surface area contributed by atoms with Crippen LogP contribution in [-0.4, -0.2) is 48.9 Å². The highest BCUT2D eigenvalue weighted by molar-refractivity contribution is 6.12. The van der Waals surface area contributed by atoms with Crippen molar-refractivity contribution in [3.8, 4) is 5.75 Å². The second-order valence-corrected chi connectivity index (χ2v) is 8.43. The first-order valence-electron chi connectivity index (χ1n) is 11.6. The van der Waals surface area contributed by atoms with Crippen LogP contribution in [0.4, 0.5) is 10.1 Å². The van der Waals surface area contributed by atoms with Crippen LogP contribution in [0.2, 0.25) is 0 Å². The van der Waals surface area contributed by atoms with E-state index in [1.165, 1.54) is 36.3 Å². The molecular weight excluding hydrogens is 421 g/mol. The molecule has 0 radical (unpaired) electrons. The van der Waals surface area contributed by atoms with Gasteiger partial charge in [0.05, 0.1) is 5.69 Å². The average Bonchev–Trinajstić information content (AvgIpc) is 2.83. The Labute approximate surface area is 194 Å². The summed E-state index contributed by atoms with van der Waals surface area (Å²) < 4.78 is 19.9. The minimum Gasteiger partial charge on any atom is -0.449 e. The lowest BCUT2D eigenvalue weighted by Gasteiger charge is -2.35. The molecule has 0 spiro atoms. The number of nitrogens with one attached hydrogen (secondary N) is 1. The molecule has 1 unspecified atom stereocenters. The summed E-state index contributed by atoms with van der Waals surface area (Å²) in [5, 5.41) is 2.95. The first-order chi connectivity index (χ1) is 16.1. The molecule has 0 saturated carbocycles. The van der Waals surface area contributed by atoms with E-state index in [0.717, 1.165) is 19.5 Å². The first-order valence-corrected chi connectivity index (χ1v) is 11.6. The number of hydrogen-bond donors (Lipinski definition) is 1. The average molecular weight is 452 g/mol. The summed E-state index contributed by atoms with van der Waals surface area (Å²) in [7, 11) is 0. The zero-order chi connectivity index (χ0) is 23.2. The van der Waals surface area contributed by atoms with Gasteiger partial charge in [-0.2, -0.15) is 0 Å². The SMILES string of the molecule is CCC1CCCCN1CCNC(=O)CN1C(=O)/C(=C/c2ccccc2F)Oc2ccccc21. The molecule has 2 aromatic carbocycles. The fraction of sp³-hybridized carbons (Fsp3) is 0.385. The zero-order valence-electron chi connectivity index (χ0n) is 18.9. The molecule has 0 aliphatic carbocycles. The van der Waals surface area contributed by atoms with Gasteiger partial charge in [-0.25, -0.2) is 4.39 Å². The fourth-order valence-corrected chi connectivity index (χ4v) is 4.51. The van der Waals surface area contributed by atoms with Crippen molar-refractivity contribution in [2.45, 2.75) is 38.6 Å². The number of amides is 2.